The van der Waals surface area contributed by atoms with Gasteiger partial charge in [-0.05, 0) is 13.0 Å². The molecular formula is C14H13ClF3N5O. The molecule has 2 amide bonds. The second kappa shape index (κ2) is 6.60. The van der Waals surface area contributed by atoms with Gasteiger partial charge in [0.05, 0.1) is 28.2 Å². The molecular weight excluding hydrogens is 347 g/mol. The number of urea groups is 1. The molecule has 0 radical (unpaired) electrons. The Balaban J connectivity index is 2.34. The number of nitrogens with zero attached hydrogens (tertiary/aromatic N) is 4. The van der Waals surface area contributed by atoms with Crippen molar-refractivity contribution in [1.82, 2.24) is 19.9 Å². The van der Waals surface area contributed by atoms with E-state index < -0.39 is 11.7 Å². The topological polar surface area (TPSA) is 71.0 Å². The van der Waals surface area contributed by atoms with E-state index in [1.165, 1.54) is 11.1 Å². The van der Waals surface area contributed by atoms with Gasteiger partial charge in [0.25, 0.3) is 0 Å². The molecule has 2 aromatic rings. The zero-order valence-electron chi connectivity index (χ0n) is 12.9. The molecule has 128 valence electrons. The van der Waals surface area contributed by atoms with E-state index in [1.54, 1.807) is 21.0 Å². The zero-order valence-corrected chi connectivity index (χ0v) is 13.7. The second-order valence-corrected chi connectivity index (χ2v) is 5.48. The summed E-state index contributed by atoms with van der Waals surface area (Å²) < 4.78 is 37.9. The van der Waals surface area contributed by atoms with Crippen LogP contribution in [0.1, 0.15) is 11.3 Å². The Morgan fingerprint density at radius 3 is 2.42 bits per heavy atom. The van der Waals surface area contributed by atoms with E-state index in [2.05, 4.69) is 20.3 Å². The van der Waals surface area contributed by atoms with Crippen molar-refractivity contribution >= 4 is 23.3 Å². The van der Waals surface area contributed by atoms with Crippen LogP contribution in [-0.4, -0.2) is 40.0 Å². The fraction of sp³-hybridized carbons (Fsp3) is 0.286. The number of halogens is 4. The molecule has 2 heterocycles. The molecule has 0 saturated carbocycles. The molecule has 0 spiro atoms. The van der Waals surface area contributed by atoms with Crippen LogP contribution >= 0.6 is 11.6 Å². The van der Waals surface area contributed by atoms with E-state index in [1.807, 2.05) is 0 Å². The van der Waals surface area contributed by atoms with Gasteiger partial charge in [-0.2, -0.15) is 13.2 Å². The molecule has 6 nitrogen and oxygen atoms in total. The standard InChI is InChI=1S/C14H13ClF3N5O/c1-7-10(22-13(24)23(2)3)6-20-12(21-7)11-9(15)4-8(5-19-11)14(16,17)18/h4-6H,1-3H3,(H,22,24). The average Bonchev–Trinajstić information content (AvgIpc) is 2.48. The Kier molecular flexibility index (Phi) is 4.93. The number of hydrogen-bond donors (Lipinski definition) is 1. The van der Waals surface area contributed by atoms with Gasteiger partial charge in [-0.1, -0.05) is 11.6 Å². The highest BCUT2D eigenvalue weighted by Crippen LogP contribution is 2.33. The minimum atomic E-state index is -4.54. The number of aryl methyl sites for hydroxylation is 1. The van der Waals surface area contributed by atoms with Crippen molar-refractivity contribution < 1.29 is 18.0 Å². The molecule has 0 aliphatic heterocycles. The van der Waals surface area contributed by atoms with Gasteiger partial charge in [-0.25, -0.2) is 14.8 Å². The number of pyridine rings is 1. The first kappa shape index (κ1) is 17.9. The number of aromatic nitrogens is 3. The molecule has 0 unspecified atom stereocenters. The van der Waals surface area contributed by atoms with Crippen LogP contribution in [0.5, 0.6) is 0 Å². The Bertz CT molecular complexity index is 779. The van der Waals surface area contributed by atoms with Crippen molar-refractivity contribution in [2.24, 2.45) is 0 Å². The monoisotopic (exact) mass is 359 g/mol. The van der Waals surface area contributed by atoms with Crippen molar-refractivity contribution in [3.63, 3.8) is 0 Å². The van der Waals surface area contributed by atoms with E-state index in [0.717, 1.165) is 6.07 Å². The van der Waals surface area contributed by atoms with Crippen LogP contribution in [-0.2, 0) is 6.18 Å². The Morgan fingerprint density at radius 2 is 1.92 bits per heavy atom. The van der Waals surface area contributed by atoms with Crippen LogP contribution in [0.4, 0.5) is 23.7 Å². The third-order valence-electron chi connectivity index (χ3n) is 3.01. The fourth-order valence-corrected chi connectivity index (χ4v) is 1.94. The van der Waals surface area contributed by atoms with Crippen LogP contribution in [0.15, 0.2) is 18.5 Å². The molecule has 0 aliphatic carbocycles. The largest absolute Gasteiger partial charge is 0.417 e. The summed E-state index contributed by atoms with van der Waals surface area (Å²) in [5, 5.41) is 2.38. The second-order valence-electron chi connectivity index (χ2n) is 5.07. The van der Waals surface area contributed by atoms with E-state index in [4.69, 9.17) is 11.6 Å². The number of anilines is 1. The van der Waals surface area contributed by atoms with Crippen LogP contribution in [0.3, 0.4) is 0 Å². The van der Waals surface area contributed by atoms with Crippen molar-refractivity contribution in [3.05, 3.63) is 34.7 Å². The third-order valence-corrected chi connectivity index (χ3v) is 3.30. The first-order chi connectivity index (χ1) is 11.1. The van der Waals surface area contributed by atoms with Gasteiger partial charge < -0.3 is 10.2 Å². The van der Waals surface area contributed by atoms with Crippen molar-refractivity contribution in [1.29, 1.82) is 0 Å². The first-order valence-corrected chi connectivity index (χ1v) is 7.02. The van der Waals surface area contributed by atoms with Gasteiger partial charge >= 0.3 is 12.2 Å². The van der Waals surface area contributed by atoms with Gasteiger partial charge in [0.15, 0.2) is 5.82 Å². The Morgan fingerprint density at radius 1 is 1.25 bits per heavy atom. The lowest BCUT2D eigenvalue weighted by Gasteiger charge is -2.13. The predicted molar refractivity (Wildman–Crippen MR) is 82.7 cm³/mol. The summed E-state index contributed by atoms with van der Waals surface area (Å²) >= 11 is 5.87. The molecule has 0 saturated heterocycles. The van der Waals surface area contributed by atoms with E-state index in [0.29, 0.717) is 17.6 Å². The molecule has 24 heavy (non-hydrogen) atoms. The van der Waals surface area contributed by atoms with Crippen LogP contribution in [0, 0.1) is 6.92 Å². The van der Waals surface area contributed by atoms with Crippen molar-refractivity contribution in [2.75, 3.05) is 19.4 Å². The Labute approximate surface area is 140 Å². The van der Waals surface area contributed by atoms with E-state index in [9.17, 15) is 18.0 Å². The summed E-state index contributed by atoms with van der Waals surface area (Å²) in [4.78, 5) is 24.8. The lowest BCUT2D eigenvalue weighted by Crippen LogP contribution is -2.27. The molecule has 10 heteroatoms. The maximum absolute atomic E-state index is 12.6. The van der Waals surface area contributed by atoms with Gasteiger partial charge in [0, 0.05) is 20.3 Å². The highest BCUT2D eigenvalue weighted by Gasteiger charge is 2.31. The number of carbonyl (C=O) groups is 1. The summed E-state index contributed by atoms with van der Waals surface area (Å²) in [7, 11) is 3.15. The minimum absolute atomic E-state index is 0.0262. The number of amides is 2. The summed E-state index contributed by atoms with van der Waals surface area (Å²) in [6.45, 7) is 1.62. The lowest BCUT2D eigenvalue weighted by atomic mass is 10.2. The molecule has 0 aliphatic rings. The van der Waals surface area contributed by atoms with Crippen molar-refractivity contribution in [3.8, 4) is 11.5 Å². The van der Waals surface area contributed by atoms with Gasteiger partial charge in [0.2, 0.25) is 0 Å². The van der Waals surface area contributed by atoms with Crippen LogP contribution in [0.2, 0.25) is 5.02 Å². The highest BCUT2D eigenvalue weighted by atomic mass is 35.5. The molecule has 0 aromatic carbocycles. The summed E-state index contributed by atoms with van der Waals surface area (Å²) in [6.07, 6.45) is -2.53. The molecule has 1 N–H and O–H groups in total. The van der Waals surface area contributed by atoms with Gasteiger partial charge in [-0.3, -0.25) is 4.98 Å². The number of nitrogens with one attached hydrogen (secondary N) is 1. The molecule has 0 bridgehead atoms. The molecule has 2 aromatic heterocycles. The minimum Gasteiger partial charge on any atom is -0.331 e. The zero-order chi connectivity index (χ0) is 18.1. The molecule has 0 atom stereocenters. The normalized spacial score (nSPS) is 11.3. The molecule has 0 fully saturated rings. The van der Waals surface area contributed by atoms with Gasteiger partial charge in [-0.15, -0.1) is 0 Å². The smallest absolute Gasteiger partial charge is 0.331 e. The highest BCUT2D eigenvalue weighted by molar-refractivity contribution is 6.32. The maximum Gasteiger partial charge on any atom is 0.417 e. The number of rotatable bonds is 2. The number of carbonyl (C=O) groups excluding carboxylic acids is 1. The van der Waals surface area contributed by atoms with Crippen molar-refractivity contribution in [2.45, 2.75) is 13.1 Å². The number of alkyl halides is 3. The maximum atomic E-state index is 12.6. The fourth-order valence-electron chi connectivity index (χ4n) is 1.69. The lowest BCUT2D eigenvalue weighted by molar-refractivity contribution is -0.137. The van der Waals surface area contributed by atoms with Crippen LogP contribution in [0.25, 0.3) is 11.5 Å². The summed E-state index contributed by atoms with van der Waals surface area (Å²) in [6, 6.07) is 0.407. The quantitative estimate of drug-likeness (QED) is 0.889. The number of hydrogen-bond acceptors (Lipinski definition) is 4. The predicted octanol–water partition coefficient (Wildman–Crippen LogP) is 3.61. The summed E-state index contributed by atoms with van der Waals surface area (Å²) in [5.41, 5.74) is -0.130. The molecule has 2 rings (SSSR count). The Hall–Kier alpha value is -2.42. The van der Waals surface area contributed by atoms with Gasteiger partial charge in [0.1, 0.15) is 5.69 Å². The van der Waals surface area contributed by atoms with E-state index in [-0.39, 0.29) is 22.6 Å². The van der Waals surface area contributed by atoms with Crippen LogP contribution < -0.4 is 5.32 Å². The van der Waals surface area contributed by atoms with E-state index >= 15 is 0 Å². The first-order valence-electron chi connectivity index (χ1n) is 6.64. The average molecular weight is 360 g/mol. The summed E-state index contributed by atoms with van der Waals surface area (Å²) in [5.74, 6) is 0.0640. The SMILES string of the molecule is Cc1nc(-c2ncc(C(F)(F)F)cc2Cl)ncc1NC(=O)N(C)C. The third kappa shape index (κ3) is 3.91.